The zero-order chi connectivity index (χ0) is 19.4. The van der Waals surface area contributed by atoms with Gasteiger partial charge >= 0.3 is 0 Å². The van der Waals surface area contributed by atoms with E-state index in [0.29, 0.717) is 31.4 Å². The quantitative estimate of drug-likeness (QED) is 0.662. The Kier molecular flexibility index (Phi) is 6.51. The molecule has 8 nitrogen and oxygen atoms in total. The molecular weight excluding hydrogens is 386 g/mol. The van der Waals surface area contributed by atoms with Crippen LogP contribution in [0.3, 0.4) is 0 Å². The van der Waals surface area contributed by atoms with Crippen LogP contribution in [-0.4, -0.2) is 58.6 Å². The van der Waals surface area contributed by atoms with Gasteiger partial charge in [0.1, 0.15) is 11.6 Å². The molecular formula is C17H23N5O3S2. The largest absolute Gasteiger partial charge is 0.374 e. The van der Waals surface area contributed by atoms with Crippen molar-refractivity contribution in [1.29, 1.82) is 0 Å². The van der Waals surface area contributed by atoms with E-state index in [1.54, 1.807) is 28.2 Å². The molecule has 0 aromatic carbocycles. The number of likely N-dealkylation sites (N-methyl/N-ethyl adjacent to an activating group) is 1. The monoisotopic (exact) mass is 409 g/mol. The van der Waals surface area contributed by atoms with Crippen molar-refractivity contribution >= 4 is 39.6 Å². The lowest BCUT2D eigenvalue weighted by Gasteiger charge is -2.20. The van der Waals surface area contributed by atoms with Gasteiger partial charge < -0.3 is 9.64 Å². The van der Waals surface area contributed by atoms with E-state index in [0.717, 1.165) is 17.1 Å². The topological polar surface area (TPSA) is 88.5 Å². The van der Waals surface area contributed by atoms with Gasteiger partial charge in [0.15, 0.2) is 0 Å². The maximum atomic E-state index is 12.7. The van der Waals surface area contributed by atoms with Gasteiger partial charge in [-0.15, -0.1) is 21.5 Å². The Morgan fingerprint density at radius 1 is 1.44 bits per heavy atom. The maximum absolute atomic E-state index is 12.7. The van der Waals surface area contributed by atoms with E-state index in [1.165, 1.54) is 16.2 Å². The number of aromatic nitrogens is 3. The summed E-state index contributed by atoms with van der Waals surface area (Å²) < 4.78 is 5.32. The summed E-state index contributed by atoms with van der Waals surface area (Å²) in [6, 6.07) is 0. The number of amides is 2. The third-order valence-corrected chi connectivity index (χ3v) is 6.40. The first-order valence-electron chi connectivity index (χ1n) is 8.84. The molecule has 0 radical (unpaired) electrons. The molecule has 2 aromatic heterocycles. The molecule has 0 N–H and O–H groups in total. The predicted octanol–water partition coefficient (Wildman–Crippen LogP) is 1.89. The van der Waals surface area contributed by atoms with Crippen LogP contribution in [0.1, 0.15) is 28.9 Å². The fourth-order valence-electron chi connectivity index (χ4n) is 2.92. The van der Waals surface area contributed by atoms with Gasteiger partial charge in [-0.1, -0.05) is 11.3 Å². The lowest BCUT2D eigenvalue weighted by molar-refractivity contribution is -0.134. The van der Waals surface area contributed by atoms with E-state index in [-0.39, 0.29) is 24.2 Å². The first-order chi connectivity index (χ1) is 13.0. The lowest BCUT2D eigenvalue weighted by Crippen LogP contribution is -2.36. The van der Waals surface area contributed by atoms with Crippen molar-refractivity contribution < 1.29 is 14.3 Å². The van der Waals surface area contributed by atoms with Crippen molar-refractivity contribution in [3.05, 3.63) is 21.1 Å². The van der Waals surface area contributed by atoms with Gasteiger partial charge in [0, 0.05) is 44.5 Å². The Bertz CT molecular complexity index is 806. The zero-order valence-corrected chi connectivity index (χ0v) is 17.3. The van der Waals surface area contributed by atoms with Gasteiger partial charge in [-0.05, 0) is 13.8 Å². The summed E-state index contributed by atoms with van der Waals surface area (Å²) in [7, 11) is 1.79. The smallest absolute Gasteiger partial charge is 0.229 e. The van der Waals surface area contributed by atoms with Gasteiger partial charge in [0.25, 0.3) is 0 Å². The molecule has 1 aliphatic heterocycles. The van der Waals surface area contributed by atoms with E-state index >= 15 is 0 Å². The summed E-state index contributed by atoms with van der Waals surface area (Å²) >= 11 is 2.94. The molecule has 0 saturated carbocycles. The number of nitrogens with zero attached hydrogens (tertiary/aromatic N) is 5. The van der Waals surface area contributed by atoms with Crippen LogP contribution in [-0.2, 0) is 27.4 Å². The van der Waals surface area contributed by atoms with E-state index < -0.39 is 0 Å². The van der Waals surface area contributed by atoms with Crippen LogP contribution in [0, 0.1) is 12.8 Å². The molecule has 27 heavy (non-hydrogen) atoms. The summed E-state index contributed by atoms with van der Waals surface area (Å²) in [5.74, 6) is -0.435. The number of thiazole rings is 1. The van der Waals surface area contributed by atoms with Crippen molar-refractivity contribution in [2.45, 2.75) is 33.3 Å². The summed E-state index contributed by atoms with van der Waals surface area (Å²) in [5, 5.41) is 9.40. The molecule has 0 bridgehead atoms. The molecule has 3 heterocycles. The average molecular weight is 410 g/mol. The lowest BCUT2D eigenvalue weighted by atomic mass is 10.1. The Morgan fingerprint density at radius 3 is 2.96 bits per heavy atom. The maximum Gasteiger partial charge on any atom is 0.229 e. The van der Waals surface area contributed by atoms with Crippen molar-refractivity contribution in [1.82, 2.24) is 20.1 Å². The van der Waals surface area contributed by atoms with Gasteiger partial charge in [-0.25, -0.2) is 4.98 Å². The number of anilines is 1. The van der Waals surface area contributed by atoms with Gasteiger partial charge in [-0.3, -0.25) is 14.5 Å². The van der Waals surface area contributed by atoms with Crippen LogP contribution in [0.25, 0.3) is 0 Å². The summed E-state index contributed by atoms with van der Waals surface area (Å²) in [6.07, 6.45) is 0.990. The second kappa shape index (κ2) is 8.85. The van der Waals surface area contributed by atoms with Crippen molar-refractivity contribution in [2.24, 2.45) is 5.92 Å². The van der Waals surface area contributed by atoms with Crippen molar-refractivity contribution in [3.8, 4) is 0 Å². The van der Waals surface area contributed by atoms with E-state index in [4.69, 9.17) is 4.74 Å². The standard InChI is InChI=1S/C17H23N5O3S2/c1-4-25-9-14-19-20-17(27-14)22-8-12(7-15(22)23)16(24)21(3)6-5-13-11(2)18-10-26-13/h10,12H,4-9H2,1-3H3. The van der Waals surface area contributed by atoms with Crippen LogP contribution in [0.5, 0.6) is 0 Å². The van der Waals surface area contributed by atoms with Crippen molar-refractivity contribution in [3.63, 3.8) is 0 Å². The van der Waals surface area contributed by atoms with Crippen LogP contribution in [0.15, 0.2) is 5.51 Å². The molecule has 1 aliphatic rings. The third-order valence-electron chi connectivity index (χ3n) is 4.49. The highest BCUT2D eigenvalue weighted by molar-refractivity contribution is 7.15. The molecule has 10 heteroatoms. The molecule has 0 aliphatic carbocycles. The number of ether oxygens (including phenoxy) is 1. The fourth-order valence-corrected chi connectivity index (χ4v) is 4.49. The number of aryl methyl sites for hydroxylation is 1. The predicted molar refractivity (Wildman–Crippen MR) is 104 cm³/mol. The molecule has 146 valence electrons. The molecule has 2 aromatic rings. The average Bonchev–Trinajstić information content (AvgIpc) is 3.37. The van der Waals surface area contributed by atoms with Crippen LogP contribution >= 0.6 is 22.7 Å². The molecule has 1 saturated heterocycles. The number of carbonyl (C=O) groups excluding carboxylic acids is 2. The Hall–Kier alpha value is -1.91. The molecule has 2 amide bonds. The minimum Gasteiger partial charge on any atom is -0.374 e. The summed E-state index contributed by atoms with van der Waals surface area (Å²) in [4.78, 5) is 33.8. The van der Waals surface area contributed by atoms with Crippen LogP contribution in [0.4, 0.5) is 5.13 Å². The number of carbonyl (C=O) groups is 2. The number of rotatable bonds is 8. The van der Waals surface area contributed by atoms with Crippen LogP contribution < -0.4 is 4.90 Å². The summed E-state index contributed by atoms with van der Waals surface area (Å²) in [5.41, 5.74) is 2.84. The van der Waals surface area contributed by atoms with E-state index in [1.807, 2.05) is 19.4 Å². The van der Waals surface area contributed by atoms with Crippen molar-refractivity contribution in [2.75, 3.05) is 31.6 Å². The number of hydrogen-bond acceptors (Lipinski definition) is 8. The zero-order valence-electron chi connectivity index (χ0n) is 15.7. The minimum absolute atomic E-state index is 0.00734. The third kappa shape index (κ3) is 4.69. The van der Waals surface area contributed by atoms with Gasteiger partial charge in [-0.2, -0.15) is 0 Å². The normalized spacial score (nSPS) is 16.9. The highest BCUT2D eigenvalue weighted by Crippen LogP contribution is 2.29. The highest BCUT2D eigenvalue weighted by Gasteiger charge is 2.37. The first-order valence-corrected chi connectivity index (χ1v) is 10.5. The second-order valence-corrected chi connectivity index (χ2v) is 8.37. The van der Waals surface area contributed by atoms with Gasteiger partial charge in [0.2, 0.25) is 16.9 Å². The molecule has 3 rings (SSSR count). The van der Waals surface area contributed by atoms with E-state index in [2.05, 4.69) is 15.2 Å². The Balaban J connectivity index is 1.56. The van der Waals surface area contributed by atoms with Gasteiger partial charge in [0.05, 0.1) is 17.1 Å². The van der Waals surface area contributed by atoms with E-state index in [9.17, 15) is 9.59 Å². The highest BCUT2D eigenvalue weighted by atomic mass is 32.1. The van der Waals surface area contributed by atoms with Crippen LogP contribution in [0.2, 0.25) is 0 Å². The fraction of sp³-hybridized carbons (Fsp3) is 0.588. The summed E-state index contributed by atoms with van der Waals surface area (Å²) in [6.45, 7) is 5.84. The molecule has 1 fully saturated rings. The Morgan fingerprint density at radius 2 is 2.26 bits per heavy atom. The number of hydrogen-bond donors (Lipinski definition) is 0. The molecule has 0 spiro atoms. The minimum atomic E-state index is -0.343. The second-order valence-electron chi connectivity index (χ2n) is 6.39. The molecule has 1 unspecified atom stereocenters. The Labute approximate surface area is 166 Å². The SMILES string of the molecule is CCOCc1nnc(N2CC(C(=O)N(C)CCc3scnc3C)CC2=O)s1. The first kappa shape index (κ1) is 19.8. The molecule has 1 atom stereocenters.